The Labute approximate surface area is 142 Å². The first kappa shape index (κ1) is 15.2. The highest BCUT2D eigenvalue weighted by molar-refractivity contribution is 5.71. The number of nitrogens with zero attached hydrogens (tertiary/aromatic N) is 3. The third-order valence-corrected chi connectivity index (χ3v) is 4.00. The summed E-state index contributed by atoms with van der Waals surface area (Å²) in [5.41, 5.74) is 2.96. The van der Waals surface area contributed by atoms with Crippen LogP contribution in [0.1, 0.15) is 23.3 Å². The van der Waals surface area contributed by atoms with E-state index < -0.39 is 18.2 Å². The van der Waals surface area contributed by atoms with Crippen LogP contribution in [0.3, 0.4) is 0 Å². The van der Waals surface area contributed by atoms with Crippen LogP contribution in [0.25, 0.3) is 11.1 Å². The second-order valence-electron chi connectivity index (χ2n) is 5.64. The number of halogens is 1. The molecule has 1 fully saturated rings. The van der Waals surface area contributed by atoms with Crippen molar-refractivity contribution in [3.8, 4) is 11.1 Å². The van der Waals surface area contributed by atoms with E-state index in [1.54, 1.807) is 36.9 Å². The molecule has 1 amide bonds. The lowest BCUT2D eigenvalue weighted by atomic mass is 9.96. The molecular weight excluding hydrogens is 323 g/mol. The number of amides is 1. The van der Waals surface area contributed by atoms with Crippen molar-refractivity contribution in [3.63, 3.8) is 0 Å². The van der Waals surface area contributed by atoms with Crippen molar-refractivity contribution in [2.24, 2.45) is 0 Å². The van der Waals surface area contributed by atoms with Gasteiger partial charge in [0.25, 0.3) is 0 Å². The summed E-state index contributed by atoms with van der Waals surface area (Å²) in [6, 6.07) is 7.44. The quantitative estimate of drug-likeness (QED) is 0.795. The van der Waals surface area contributed by atoms with Crippen LogP contribution in [-0.4, -0.2) is 21.0 Å². The minimum atomic E-state index is -0.632. The third kappa shape index (κ3) is 3.03. The zero-order valence-corrected chi connectivity index (χ0v) is 13.0. The molecule has 0 saturated carbocycles. The second-order valence-corrected chi connectivity index (χ2v) is 5.64. The number of aromatic nitrogens is 3. The number of carbonyl (C=O) groups is 1. The summed E-state index contributed by atoms with van der Waals surface area (Å²) < 4.78 is 18.9. The summed E-state index contributed by atoms with van der Waals surface area (Å²) in [5.74, 6) is -0.382. The van der Waals surface area contributed by atoms with Gasteiger partial charge in [-0.15, -0.1) is 0 Å². The Kier molecular flexibility index (Phi) is 3.81. The van der Waals surface area contributed by atoms with Gasteiger partial charge in [-0.05, 0) is 29.3 Å². The number of pyridine rings is 1. The van der Waals surface area contributed by atoms with E-state index >= 15 is 0 Å². The number of alkyl carbamates (subject to hydrolysis) is 1. The van der Waals surface area contributed by atoms with Gasteiger partial charge in [-0.3, -0.25) is 4.98 Å². The van der Waals surface area contributed by atoms with Crippen LogP contribution in [0.2, 0.25) is 0 Å². The molecule has 1 saturated heterocycles. The highest BCUT2D eigenvalue weighted by Crippen LogP contribution is 2.37. The van der Waals surface area contributed by atoms with Crippen molar-refractivity contribution in [2.75, 3.05) is 0 Å². The molecule has 6 nitrogen and oxygen atoms in total. The summed E-state index contributed by atoms with van der Waals surface area (Å²) in [7, 11) is 0. The predicted octanol–water partition coefficient (Wildman–Crippen LogP) is 3.20. The Morgan fingerprint density at radius 2 is 1.76 bits per heavy atom. The number of rotatable bonds is 3. The molecule has 2 aromatic heterocycles. The summed E-state index contributed by atoms with van der Waals surface area (Å²) >= 11 is 0. The summed E-state index contributed by atoms with van der Waals surface area (Å²) in [4.78, 5) is 24.0. The highest BCUT2D eigenvalue weighted by atomic mass is 19.1. The van der Waals surface area contributed by atoms with Gasteiger partial charge in [-0.25, -0.2) is 19.2 Å². The molecule has 3 heterocycles. The zero-order valence-electron chi connectivity index (χ0n) is 13.0. The molecule has 0 bridgehead atoms. The number of carbonyl (C=O) groups excluding carboxylic acids is 1. The van der Waals surface area contributed by atoms with Gasteiger partial charge in [0, 0.05) is 35.9 Å². The van der Waals surface area contributed by atoms with E-state index in [9.17, 15) is 9.18 Å². The molecule has 1 N–H and O–H groups in total. The fourth-order valence-corrected chi connectivity index (χ4v) is 2.86. The molecule has 4 rings (SSSR count). The lowest BCUT2D eigenvalue weighted by Crippen LogP contribution is -2.19. The van der Waals surface area contributed by atoms with Crippen molar-refractivity contribution >= 4 is 6.09 Å². The first-order valence-electron chi connectivity index (χ1n) is 7.63. The molecule has 1 aromatic carbocycles. The van der Waals surface area contributed by atoms with Crippen molar-refractivity contribution in [1.29, 1.82) is 0 Å². The normalized spacial score (nSPS) is 19.3. The monoisotopic (exact) mass is 336 g/mol. The van der Waals surface area contributed by atoms with Gasteiger partial charge in [-0.1, -0.05) is 12.1 Å². The minimum absolute atomic E-state index is 0.382. The Hall–Kier alpha value is -3.35. The lowest BCUT2D eigenvalue weighted by molar-refractivity contribution is 0.132. The lowest BCUT2D eigenvalue weighted by Gasteiger charge is -2.18. The Morgan fingerprint density at radius 3 is 2.56 bits per heavy atom. The average Bonchev–Trinajstić information content (AvgIpc) is 3.04. The standard InChI is InChI=1S/C18H13FN4O2/c19-15-3-1-2-11(5-15)17-16(23-18(24)25-17)13-4-12(6-20-7-13)14-8-21-10-22-9-14/h1-10,16-17H,(H,23,24)/t16-,17?/m1/s1. The Bertz CT molecular complexity index is 920. The maximum Gasteiger partial charge on any atom is 0.408 e. The number of benzene rings is 1. The number of hydrogen-bond acceptors (Lipinski definition) is 5. The second kappa shape index (κ2) is 6.27. The highest BCUT2D eigenvalue weighted by Gasteiger charge is 2.36. The van der Waals surface area contributed by atoms with Crippen molar-refractivity contribution in [3.05, 3.63) is 78.4 Å². The van der Waals surface area contributed by atoms with Gasteiger partial charge in [-0.2, -0.15) is 0 Å². The van der Waals surface area contributed by atoms with Crippen molar-refractivity contribution in [2.45, 2.75) is 12.1 Å². The fourth-order valence-electron chi connectivity index (χ4n) is 2.86. The molecule has 1 aliphatic rings. The van der Waals surface area contributed by atoms with Crippen LogP contribution in [-0.2, 0) is 4.74 Å². The molecule has 0 aliphatic carbocycles. The Balaban J connectivity index is 1.71. The van der Waals surface area contributed by atoms with E-state index in [2.05, 4.69) is 20.3 Å². The molecule has 0 spiro atoms. The predicted molar refractivity (Wildman–Crippen MR) is 86.8 cm³/mol. The molecule has 1 unspecified atom stereocenters. The molecule has 3 aromatic rings. The van der Waals surface area contributed by atoms with E-state index in [-0.39, 0.29) is 5.82 Å². The molecule has 0 radical (unpaired) electrons. The largest absolute Gasteiger partial charge is 0.439 e. The summed E-state index contributed by atoms with van der Waals surface area (Å²) in [6.45, 7) is 0. The molecule has 7 heteroatoms. The van der Waals surface area contributed by atoms with Crippen LogP contribution in [0, 0.1) is 5.82 Å². The Morgan fingerprint density at radius 1 is 0.960 bits per heavy atom. The maximum atomic E-state index is 13.5. The average molecular weight is 336 g/mol. The third-order valence-electron chi connectivity index (χ3n) is 4.00. The fraction of sp³-hybridized carbons (Fsp3) is 0.111. The van der Waals surface area contributed by atoms with Crippen molar-refractivity contribution in [1.82, 2.24) is 20.3 Å². The topological polar surface area (TPSA) is 77.0 Å². The van der Waals surface area contributed by atoms with Crippen LogP contribution < -0.4 is 5.32 Å². The van der Waals surface area contributed by atoms with Crippen LogP contribution in [0.15, 0.2) is 61.4 Å². The van der Waals surface area contributed by atoms with E-state index in [0.29, 0.717) is 5.56 Å². The van der Waals surface area contributed by atoms with Crippen molar-refractivity contribution < 1.29 is 13.9 Å². The number of nitrogens with one attached hydrogen (secondary N) is 1. The molecule has 1 aliphatic heterocycles. The van der Waals surface area contributed by atoms with Gasteiger partial charge in [0.1, 0.15) is 18.2 Å². The number of hydrogen-bond donors (Lipinski definition) is 1. The summed E-state index contributed by atoms with van der Waals surface area (Å²) in [5, 5.41) is 2.76. The van der Waals surface area contributed by atoms with Crippen LogP contribution >= 0.6 is 0 Å². The molecule has 124 valence electrons. The minimum Gasteiger partial charge on any atom is -0.439 e. The van der Waals surface area contributed by atoms with Gasteiger partial charge >= 0.3 is 6.09 Å². The number of ether oxygens (including phenoxy) is 1. The molecular formula is C18H13FN4O2. The molecule has 25 heavy (non-hydrogen) atoms. The molecule has 2 atom stereocenters. The van der Waals surface area contributed by atoms with Gasteiger partial charge in [0.15, 0.2) is 6.10 Å². The smallest absolute Gasteiger partial charge is 0.408 e. The SMILES string of the molecule is O=C1N[C@H](c2cncc(-c3cncnc3)c2)C(c2cccc(F)c2)O1. The van der Waals surface area contributed by atoms with E-state index in [0.717, 1.165) is 16.7 Å². The maximum absolute atomic E-state index is 13.5. The first-order chi connectivity index (χ1) is 12.2. The van der Waals surface area contributed by atoms with E-state index in [1.165, 1.54) is 18.5 Å². The first-order valence-corrected chi connectivity index (χ1v) is 7.63. The van der Waals surface area contributed by atoms with Gasteiger partial charge < -0.3 is 10.1 Å². The number of cyclic esters (lactones) is 1. The van der Waals surface area contributed by atoms with Gasteiger partial charge in [0.2, 0.25) is 0 Å². The van der Waals surface area contributed by atoms with Crippen LogP contribution in [0.4, 0.5) is 9.18 Å². The summed E-state index contributed by atoms with van der Waals surface area (Å²) in [6.07, 6.45) is 6.98. The zero-order chi connectivity index (χ0) is 17.2. The van der Waals surface area contributed by atoms with Gasteiger partial charge in [0.05, 0.1) is 0 Å². The van der Waals surface area contributed by atoms with Crippen LogP contribution in [0.5, 0.6) is 0 Å². The van der Waals surface area contributed by atoms with E-state index in [4.69, 9.17) is 4.74 Å². The van der Waals surface area contributed by atoms with E-state index in [1.807, 2.05) is 6.07 Å².